The summed E-state index contributed by atoms with van der Waals surface area (Å²) in [6.07, 6.45) is 2.30. The number of nitrogens with zero attached hydrogens (tertiary/aromatic N) is 4. The molecule has 6 nitrogen and oxygen atoms in total. The number of hydrogen-bond donors (Lipinski definition) is 0. The molecule has 1 unspecified atom stereocenters. The third kappa shape index (κ3) is 3.48. The van der Waals surface area contributed by atoms with E-state index in [9.17, 15) is 4.79 Å². The van der Waals surface area contributed by atoms with Gasteiger partial charge >= 0.3 is 0 Å². The van der Waals surface area contributed by atoms with Crippen molar-refractivity contribution in [2.75, 3.05) is 26.0 Å². The lowest BCUT2D eigenvalue weighted by Crippen LogP contribution is -2.40. The van der Waals surface area contributed by atoms with Crippen LogP contribution in [0.3, 0.4) is 0 Å². The smallest absolute Gasteiger partial charge is 0.233 e. The summed E-state index contributed by atoms with van der Waals surface area (Å²) < 4.78 is 7.39. The Hall–Kier alpha value is -2.28. The normalized spacial score (nSPS) is 17.6. The Balaban J connectivity index is 1.63. The molecule has 3 heterocycles. The molecule has 1 saturated heterocycles. The van der Waals surface area contributed by atoms with E-state index >= 15 is 0 Å². The standard InChI is InChI=1S/C20H24N4O2S/c1-13-5-4-8-23(11-13)18(25)12-27-20-22-21-19-14(2)9-15-10-16(26-3)6-7-17(15)24(19)20/h6-7,9-10,13H,4-5,8,11-12H2,1-3H3. The van der Waals surface area contributed by atoms with Crippen LogP contribution < -0.4 is 4.74 Å². The van der Waals surface area contributed by atoms with Crippen molar-refractivity contribution in [3.63, 3.8) is 0 Å². The van der Waals surface area contributed by atoms with Crippen LogP contribution in [0, 0.1) is 12.8 Å². The third-order valence-electron chi connectivity index (χ3n) is 5.17. The molecule has 1 atom stereocenters. The first kappa shape index (κ1) is 18.1. The van der Waals surface area contributed by atoms with Crippen molar-refractivity contribution >= 4 is 34.2 Å². The number of ether oxygens (including phenoxy) is 1. The maximum atomic E-state index is 12.6. The number of aromatic nitrogens is 3. The highest BCUT2D eigenvalue weighted by atomic mass is 32.2. The number of methoxy groups -OCH3 is 1. The number of thioether (sulfide) groups is 1. The molecular weight excluding hydrogens is 360 g/mol. The number of hydrogen-bond acceptors (Lipinski definition) is 5. The second-order valence-electron chi connectivity index (χ2n) is 7.27. The van der Waals surface area contributed by atoms with Gasteiger partial charge in [-0.1, -0.05) is 18.7 Å². The lowest BCUT2D eigenvalue weighted by atomic mass is 10.0. The minimum Gasteiger partial charge on any atom is -0.497 e. The lowest BCUT2D eigenvalue weighted by Gasteiger charge is -2.30. The zero-order valence-electron chi connectivity index (χ0n) is 15.9. The SMILES string of the molecule is COc1ccc2c(c1)cc(C)c1nnc(SCC(=O)N3CCCC(C)C3)n12. The van der Waals surface area contributed by atoms with Crippen LogP contribution in [0.25, 0.3) is 16.6 Å². The zero-order valence-corrected chi connectivity index (χ0v) is 16.8. The number of fused-ring (bicyclic) bond motifs is 3. The predicted octanol–water partition coefficient (Wildman–Crippen LogP) is 3.55. The van der Waals surface area contributed by atoms with Crippen LogP contribution >= 0.6 is 11.8 Å². The first-order valence-electron chi connectivity index (χ1n) is 9.30. The van der Waals surface area contributed by atoms with Gasteiger partial charge in [0, 0.05) is 18.5 Å². The summed E-state index contributed by atoms with van der Waals surface area (Å²) in [4.78, 5) is 14.6. The summed E-state index contributed by atoms with van der Waals surface area (Å²) in [6.45, 7) is 5.97. The molecule has 4 rings (SSSR count). The molecule has 2 aromatic heterocycles. The Kier molecular flexibility index (Phi) is 4.95. The minimum absolute atomic E-state index is 0.182. The Morgan fingerprint density at radius 1 is 1.33 bits per heavy atom. The summed E-state index contributed by atoms with van der Waals surface area (Å²) in [5.41, 5.74) is 2.89. The van der Waals surface area contributed by atoms with Crippen molar-refractivity contribution in [1.82, 2.24) is 19.5 Å². The monoisotopic (exact) mass is 384 g/mol. The average Bonchev–Trinajstić information content (AvgIpc) is 3.10. The number of aryl methyl sites for hydroxylation is 1. The van der Waals surface area contributed by atoms with E-state index in [2.05, 4.69) is 23.2 Å². The average molecular weight is 385 g/mol. The van der Waals surface area contributed by atoms with E-state index < -0.39 is 0 Å². The molecule has 1 aliphatic heterocycles. The highest BCUT2D eigenvalue weighted by Gasteiger charge is 2.22. The maximum absolute atomic E-state index is 12.6. The summed E-state index contributed by atoms with van der Waals surface area (Å²) in [5.74, 6) is 1.97. The van der Waals surface area contributed by atoms with Gasteiger partial charge < -0.3 is 9.64 Å². The number of likely N-dealkylation sites (tertiary alicyclic amines) is 1. The van der Waals surface area contributed by atoms with Crippen LogP contribution in [-0.4, -0.2) is 51.4 Å². The summed E-state index contributed by atoms with van der Waals surface area (Å²) in [7, 11) is 1.67. The fraction of sp³-hybridized carbons (Fsp3) is 0.450. The Labute approximate surface area is 162 Å². The molecule has 7 heteroatoms. The minimum atomic E-state index is 0.182. The van der Waals surface area contributed by atoms with Crippen LogP contribution in [0.1, 0.15) is 25.3 Å². The van der Waals surface area contributed by atoms with Crippen LogP contribution in [0.4, 0.5) is 0 Å². The number of carbonyl (C=O) groups is 1. The largest absolute Gasteiger partial charge is 0.497 e. The number of benzene rings is 1. The van der Waals surface area contributed by atoms with Gasteiger partial charge in [-0.15, -0.1) is 10.2 Å². The van der Waals surface area contributed by atoms with E-state index in [0.29, 0.717) is 11.7 Å². The molecule has 3 aromatic rings. The quantitative estimate of drug-likeness (QED) is 0.644. The highest BCUT2D eigenvalue weighted by molar-refractivity contribution is 7.99. The van der Waals surface area contributed by atoms with Crippen molar-refractivity contribution in [2.24, 2.45) is 5.92 Å². The second-order valence-corrected chi connectivity index (χ2v) is 8.21. The molecule has 0 radical (unpaired) electrons. The van der Waals surface area contributed by atoms with E-state index in [1.54, 1.807) is 7.11 Å². The van der Waals surface area contributed by atoms with Gasteiger partial charge in [0.25, 0.3) is 0 Å². The van der Waals surface area contributed by atoms with Crippen molar-refractivity contribution in [2.45, 2.75) is 31.8 Å². The summed E-state index contributed by atoms with van der Waals surface area (Å²) in [5, 5.41) is 10.5. The number of carbonyl (C=O) groups excluding carboxylic acids is 1. The van der Waals surface area contributed by atoms with Gasteiger partial charge in [-0.2, -0.15) is 0 Å². The topological polar surface area (TPSA) is 59.7 Å². The van der Waals surface area contributed by atoms with E-state index in [0.717, 1.165) is 52.5 Å². The van der Waals surface area contributed by atoms with Crippen LogP contribution in [0.15, 0.2) is 29.4 Å². The maximum Gasteiger partial charge on any atom is 0.233 e. The number of rotatable bonds is 4. The fourth-order valence-corrected chi connectivity index (χ4v) is 4.59. The van der Waals surface area contributed by atoms with Crippen molar-refractivity contribution in [3.05, 3.63) is 29.8 Å². The molecule has 142 valence electrons. The molecule has 1 aliphatic rings. The van der Waals surface area contributed by atoms with E-state index in [-0.39, 0.29) is 5.91 Å². The Bertz CT molecular complexity index is 1000. The van der Waals surface area contributed by atoms with E-state index in [1.165, 1.54) is 18.2 Å². The van der Waals surface area contributed by atoms with Gasteiger partial charge in [-0.25, -0.2) is 0 Å². The zero-order chi connectivity index (χ0) is 19.0. The van der Waals surface area contributed by atoms with Gasteiger partial charge in [0.15, 0.2) is 10.8 Å². The first-order chi connectivity index (χ1) is 13.1. The number of pyridine rings is 1. The lowest BCUT2D eigenvalue weighted by molar-refractivity contribution is -0.130. The molecule has 0 saturated carbocycles. The van der Waals surface area contributed by atoms with Crippen molar-refractivity contribution in [3.8, 4) is 5.75 Å². The van der Waals surface area contributed by atoms with Crippen molar-refractivity contribution < 1.29 is 9.53 Å². The number of piperidine rings is 1. The summed E-state index contributed by atoms with van der Waals surface area (Å²) >= 11 is 1.46. The molecule has 1 amide bonds. The van der Waals surface area contributed by atoms with Crippen LogP contribution in [-0.2, 0) is 4.79 Å². The number of amides is 1. The summed E-state index contributed by atoms with van der Waals surface area (Å²) in [6, 6.07) is 8.06. The molecule has 0 aliphatic carbocycles. The highest BCUT2D eigenvalue weighted by Crippen LogP contribution is 2.28. The van der Waals surface area contributed by atoms with Crippen molar-refractivity contribution in [1.29, 1.82) is 0 Å². The van der Waals surface area contributed by atoms with Gasteiger partial charge in [-0.3, -0.25) is 9.20 Å². The molecule has 1 fully saturated rings. The molecule has 27 heavy (non-hydrogen) atoms. The molecule has 0 spiro atoms. The predicted molar refractivity (Wildman–Crippen MR) is 107 cm³/mol. The first-order valence-corrected chi connectivity index (χ1v) is 10.3. The molecular formula is C20H24N4O2S. The van der Waals surface area contributed by atoms with Gasteiger partial charge in [-0.05, 0) is 55.5 Å². The van der Waals surface area contributed by atoms with Crippen LogP contribution in [0.2, 0.25) is 0 Å². The molecule has 0 N–H and O–H groups in total. The van der Waals surface area contributed by atoms with Crippen LogP contribution in [0.5, 0.6) is 5.75 Å². The van der Waals surface area contributed by atoms with Gasteiger partial charge in [0.05, 0.1) is 18.4 Å². The Morgan fingerprint density at radius 3 is 2.96 bits per heavy atom. The Morgan fingerprint density at radius 2 is 2.19 bits per heavy atom. The molecule has 1 aromatic carbocycles. The third-order valence-corrected chi connectivity index (χ3v) is 6.08. The van der Waals surface area contributed by atoms with E-state index in [4.69, 9.17) is 4.74 Å². The van der Waals surface area contributed by atoms with E-state index in [1.807, 2.05) is 34.4 Å². The van der Waals surface area contributed by atoms with Gasteiger partial charge in [0.2, 0.25) is 5.91 Å². The fourth-order valence-electron chi connectivity index (χ4n) is 3.75. The second kappa shape index (κ2) is 7.38. The molecule has 0 bridgehead atoms. The van der Waals surface area contributed by atoms with Gasteiger partial charge in [0.1, 0.15) is 5.75 Å².